The molecule has 0 saturated carbocycles. The van der Waals surface area contributed by atoms with Crippen molar-refractivity contribution in [3.8, 4) is 0 Å². The van der Waals surface area contributed by atoms with E-state index >= 15 is 0 Å². The molecule has 0 amide bonds. The van der Waals surface area contributed by atoms with Gasteiger partial charge in [0.2, 0.25) is 0 Å². The van der Waals surface area contributed by atoms with Gasteiger partial charge in [-0.2, -0.15) is 5.10 Å². The van der Waals surface area contributed by atoms with Gasteiger partial charge in [-0.1, -0.05) is 27.7 Å². The number of nitrogens with one attached hydrogen (secondary N) is 1. The maximum atomic E-state index is 4.59. The molecule has 2 rings (SSSR count). The number of piperazine rings is 1. The molecule has 1 aliphatic heterocycles. The minimum Gasteiger partial charge on any atom is -0.311 e. The summed E-state index contributed by atoms with van der Waals surface area (Å²) in [6.45, 7) is 17.7. The Morgan fingerprint density at radius 1 is 1.33 bits per heavy atom. The normalized spacial score (nSPS) is 24.5. The molecule has 21 heavy (non-hydrogen) atoms. The van der Waals surface area contributed by atoms with Crippen LogP contribution in [0.4, 0.5) is 0 Å². The van der Waals surface area contributed by atoms with Crippen molar-refractivity contribution in [2.75, 3.05) is 13.1 Å². The number of aromatic nitrogens is 2. The third-order valence-electron chi connectivity index (χ3n) is 4.70. The van der Waals surface area contributed by atoms with E-state index in [1.165, 1.54) is 12.1 Å². The van der Waals surface area contributed by atoms with Gasteiger partial charge in [0, 0.05) is 38.3 Å². The average Bonchev–Trinajstić information content (AvgIpc) is 2.77. The minimum absolute atomic E-state index is 0.303. The first-order chi connectivity index (χ1) is 9.85. The van der Waals surface area contributed by atoms with Crippen LogP contribution < -0.4 is 5.32 Å². The predicted molar refractivity (Wildman–Crippen MR) is 88.4 cm³/mol. The zero-order chi connectivity index (χ0) is 15.6. The maximum Gasteiger partial charge on any atom is 0.0597 e. The van der Waals surface area contributed by atoms with E-state index in [0.29, 0.717) is 17.5 Å². The van der Waals surface area contributed by atoms with Gasteiger partial charge in [-0.3, -0.25) is 9.58 Å². The van der Waals surface area contributed by atoms with Gasteiger partial charge in [-0.25, -0.2) is 0 Å². The van der Waals surface area contributed by atoms with E-state index in [9.17, 15) is 0 Å². The first kappa shape index (κ1) is 16.5. The molecule has 1 aliphatic rings. The van der Waals surface area contributed by atoms with Crippen LogP contribution in [0.25, 0.3) is 0 Å². The molecular formula is C17H32N4. The summed E-state index contributed by atoms with van der Waals surface area (Å²) < 4.78 is 2.15. The summed E-state index contributed by atoms with van der Waals surface area (Å²) in [5, 5.41) is 8.33. The van der Waals surface area contributed by atoms with Crippen molar-refractivity contribution in [3.63, 3.8) is 0 Å². The molecule has 2 atom stereocenters. The molecule has 1 aromatic rings. The van der Waals surface area contributed by atoms with E-state index in [4.69, 9.17) is 0 Å². The largest absolute Gasteiger partial charge is 0.311 e. The number of hydrogen-bond donors (Lipinski definition) is 1. The van der Waals surface area contributed by atoms with Crippen LogP contribution in [0, 0.1) is 12.3 Å². The fraction of sp³-hybridized carbons (Fsp3) is 0.824. The van der Waals surface area contributed by atoms with Crippen molar-refractivity contribution in [2.45, 2.75) is 73.1 Å². The van der Waals surface area contributed by atoms with Gasteiger partial charge in [0.05, 0.1) is 11.4 Å². The van der Waals surface area contributed by atoms with E-state index < -0.39 is 0 Å². The van der Waals surface area contributed by atoms with E-state index in [0.717, 1.165) is 31.9 Å². The summed E-state index contributed by atoms with van der Waals surface area (Å²) in [6.07, 6.45) is 1.20. The first-order valence-electron chi connectivity index (χ1n) is 8.35. The lowest BCUT2D eigenvalue weighted by atomic mass is 9.84. The van der Waals surface area contributed by atoms with Crippen LogP contribution in [0.5, 0.6) is 0 Å². The lowest BCUT2D eigenvalue weighted by Crippen LogP contribution is -2.59. The molecule has 0 aliphatic carbocycles. The highest BCUT2D eigenvalue weighted by molar-refractivity contribution is 5.09. The zero-order valence-electron chi connectivity index (χ0n) is 14.6. The Balaban J connectivity index is 2.14. The molecule has 1 fully saturated rings. The topological polar surface area (TPSA) is 33.1 Å². The van der Waals surface area contributed by atoms with Crippen molar-refractivity contribution in [3.05, 3.63) is 17.5 Å². The Kier molecular flexibility index (Phi) is 5.10. The Morgan fingerprint density at radius 3 is 2.62 bits per heavy atom. The van der Waals surface area contributed by atoms with Crippen molar-refractivity contribution >= 4 is 0 Å². The summed E-state index contributed by atoms with van der Waals surface area (Å²) in [7, 11) is 0. The van der Waals surface area contributed by atoms with Crippen LogP contribution in [0.15, 0.2) is 6.07 Å². The smallest absolute Gasteiger partial charge is 0.0597 e. The number of aryl methyl sites for hydroxylation is 2. The SMILES string of the molecule is CCC1CNC(C(C)(C)C)CN1Cc1cc(C)nn1CC. The molecule has 0 bridgehead atoms. The quantitative estimate of drug-likeness (QED) is 0.926. The Morgan fingerprint density at radius 2 is 2.05 bits per heavy atom. The highest BCUT2D eigenvalue weighted by Crippen LogP contribution is 2.25. The van der Waals surface area contributed by atoms with Crippen molar-refractivity contribution in [1.29, 1.82) is 0 Å². The fourth-order valence-electron chi connectivity index (χ4n) is 3.24. The second kappa shape index (κ2) is 6.49. The molecule has 1 N–H and O–H groups in total. The molecule has 0 aromatic carbocycles. The highest BCUT2D eigenvalue weighted by atomic mass is 15.3. The highest BCUT2D eigenvalue weighted by Gasteiger charge is 2.33. The summed E-state index contributed by atoms with van der Waals surface area (Å²) in [6, 6.07) is 3.42. The van der Waals surface area contributed by atoms with Crippen LogP contribution in [0.2, 0.25) is 0 Å². The predicted octanol–water partition coefficient (Wildman–Crippen LogP) is 2.81. The molecule has 2 unspecified atom stereocenters. The maximum absolute atomic E-state index is 4.59. The summed E-state index contributed by atoms with van der Waals surface area (Å²) >= 11 is 0. The second-order valence-corrected chi connectivity index (χ2v) is 7.41. The van der Waals surface area contributed by atoms with Crippen LogP contribution in [-0.2, 0) is 13.1 Å². The standard InChI is InChI=1S/C17H32N4/c1-7-14-10-18-16(17(4,5)6)12-20(14)11-15-9-13(3)19-21(15)8-2/h9,14,16,18H,7-8,10-12H2,1-6H3. The van der Waals surface area contributed by atoms with Gasteiger partial charge in [-0.15, -0.1) is 0 Å². The van der Waals surface area contributed by atoms with Gasteiger partial charge in [0.15, 0.2) is 0 Å². The third kappa shape index (κ3) is 3.86. The molecule has 2 heterocycles. The molecule has 4 heteroatoms. The number of nitrogens with zero attached hydrogens (tertiary/aromatic N) is 3. The van der Waals surface area contributed by atoms with Gasteiger partial charge >= 0.3 is 0 Å². The van der Waals surface area contributed by atoms with E-state index in [1.54, 1.807) is 0 Å². The summed E-state index contributed by atoms with van der Waals surface area (Å²) in [5.74, 6) is 0. The molecule has 0 radical (unpaired) electrons. The van der Waals surface area contributed by atoms with Crippen molar-refractivity contribution in [1.82, 2.24) is 20.0 Å². The Hall–Kier alpha value is -0.870. The lowest BCUT2D eigenvalue weighted by Gasteiger charge is -2.45. The minimum atomic E-state index is 0.303. The fourth-order valence-corrected chi connectivity index (χ4v) is 3.24. The Bertz CT molecular complexity index is 458. The molecule has 1 aromatic heterocycles. The van der Waals surface area contributed by atoms with Crippen LogP contribution in [0.1, 0.15) is 52.4 Å². The molecular weight excluding hydrogens is 260 g/mol. The van der Waals surface area contributed by atoms with Gasteiger partial charge in [0.1, 0.15) is 0 Å². The van der Waals surface area contributed by atoms with Crippen LogP contribution in [-0.4, -0.2) is 39.9 Å². The average molecular weight is 292 g/mol. The Labute approximate surface area is 129 Å². The number of hydrogen-bond acceptors (Lipinski definition) is 3. The van der Waals surface area contributed by atoms with Crippen LogP contribution in [0.3, 0.4) is 0 Å². The van der Waals surface area contributed by atoms with Gasteiger partial charge < -0.3 is 5.32 Å². The first-order valence-corrected chi connectivity index (χ1v) is 8.35. The molecule has 120 valence electrons. The molecule has 1 saturated heterocycles. The van der Waals surface area contributed by atoms with E-state index in [-0.39, 0.29) is 0 Å². The zero-order valence-corrected chi connectivity index (χ0v) is 14.6. The van der Waals surface area contributed by atoms with E-state index in [1.807, 2.05) is 0 Å². The molecule has 0 spiro atoms. The molecule has 4 nitrogen and oxygen atoms in total. The number of rotatable bonds is 4. The van der Waals surface area contributed by atoms with Gasteiger partial charge in [0.25, 0.3) is 0 Å². The van der Waals surface area contributed by atoms with Gasteiger partial charge in [-0.05, 0) is 31.7 Å². The van der Waals surface area contributed by atoms with Crippen molar-refractivity contribution in [2.24, 2.45) is 5.41 Å². The van der Waals surface area contributed by atoms with Crippen LogP contribution >= 0.6 is 0 Å². The summed E-state index contributed by atoms with van der Waals surface area (Å²) in [5.41, 5.74) is 2.78. The lowest BCUT2D eigenvalue weighted by molar-refractivity contribution is 0.0753. The van der Waals surface area contributed by atoms with E-state index in [2.05, 4.69) is 67.6 Å². The monoisotopic (exact) mass is 292 g/mol. The second-order valence-electron chi connectivity index (χ2n) is 7.41. The summed E-state index contributed by atoms with van der Waals surface area (Å²) in [4.78, 5) is 2.65. The third-order valence-corrected chi connectivity index (χ3v) is 4.70. The van der Waals surface area contributed by atoms with Crippen molar-refractivity contribution < 1.29 is 0 Å².